The molecule has 0 radical (unpaired) electrons. The number of carbonyl (C=O) groups is 3. The molecule has 0 bridgehead atoms. The summed E-state index contributed by atoms with van der Waals surface area (Å²) < 4.78 is 32.8. The van der Waals surface area contributed by atoms with Crippen LogP contribution in [0.3, 0.4) is 0 Å². The zero-order chi connectivity index (χ0) is 43.5. The minimum Gasteiger partial charge on any atom is -0.480 e. The lowest BCUT2D eigenvalue weighted by Crippen LogP contribution is -2.34. The van der Waals surface area contributed by atoms with Gasteiger partial charge in [0.1, 0.15) is 12.6 Å². The zero-order valence-electron chi connectivity index (χ0n) is 37.9. The molecule has 0 aromatic heterocycles. The van der Waals surface area contributed by atoms with Crippen LogP contribution in [-0.4, -0.2) is 59.9 Å². The van der Waals surface area contributed by atoms with Gasteiger partial charge < -0.3 is 25.2 Å². The zero-order valence-corrected chi connectivity index (χ0v) is 38.8. The van der Waals surface area contributed by atoms with Crippen LogP contribution in [0, 0.1) is 0 Å². The van der Waals surface area contributed by atoms with Gasteiger partial charge in [0.25, 0.3) is 0 Å². The topological polar surface area (TPSA) is 172 Å². The highest BCUT2D eigenvalue weighted by Crippen LogP contribution is 2.43. The molecule has 1 unspecified atom stereocenters. The third kappa shape index (κ3) is 42.7. The van der Waals surface area contributed by atoms with E-state index in [9.17, 15) is 23.8 Å². The Balaban J connectivity index is 4.23. The third-order valence-electron chi connectivity index (χ3n) is 10.8. The molecule has 0 amide bonds. The second kappa shape index (κ2) is 42.9. The van der Waals surface area contributed by atoms with E-state index in [1.54, 1.807) is 0 Å². The van der Waals surface area contributed by atoms with Crippen molar-refractivity contribution in [1.29, 1.82) is 0 Å². The molecule has 0 fully saturated rings. The maximum atomic E-state index is 12.6. The molecule has 0 saturated carbocycles. The summed E-state index contributed by atoms with van der Waals surface area (Å²) in [5.74, 6) is -2.37. The first-order valence-corrected chi connectivity index (χ1v) is 25.7. The number of carboxylic acid groups (broad SMARTS) is 1. The Morgan fingerprint density at radius 3 is 1.25 bits per heavy atom. The number of allylic oxidation sites excluding steroid dienone is 2. The molecule has 0 aliphatic carbocycles. The van der Waals surface area contributed by atoms with Gasteiger partial charge in [-0.15, -0.1) is 0 Å². The molecule has 0 spiro atoms. The van der Waals surface area contributed by atoms with E-state index < -0.39 is 51.1 Å². The summed E-state index contributed by atoms with van der Waals surface area (Å²) in [6, 6.07) is -1.52. The van der Waals surface area contributed by atoms with E-state index in [2.05, 4.69) is 30.5 Å². The largest absolute Gasteiger partial charge is 0.480 e. The van der Waals surface area contributed by atoms with Gasteiger partial charge in [-0.05, 0) is 38.5 Å². The maximum absolute atomic E-state index is 12.6. The van der Waals surface area contributed by atoms with Gasteiger partial charge >= 0.3 is 25.7 Å². The molecule has 0 aliphatic heterocycles. The molecule has 11 nitrogen and oxygen atoms in total. The van der Waals surface area contributed by atoms with Crippen LogP contribution in [0.1, 0.15) is 239 Å². The molecule has 12 heteroatoms. The van der Waals surface area contributed by atoms with Crippen molar-refractivity contribution in [3.63, 3.8) is 0 Å². The maximum Gasteiger partial charge on any atom is 0.472 e. The van der Waals surface area contributed by atoms with Crippen molar-refractivity contribution < 1.29 is 47.5 Å². The number of phosphoric ester groups is 1. The standard InChI is InChI=1S/C47H90NO10P/c1-3-5-7-9-11-13-15-17-19-20-21-22-23-25-26-28-30-32-34-36-38-45(49)55-40-43(41-56-59(53,54)57-42-44(48)47(51)52)58-46(50)39-37-35-33-31-29-27-24-18-16-14-12-10-8-6-4-2/h14,16,43-44H,3-13,15,17-42,48H2,1-2H3,(H,51,52)(H,53,54)/b16-14+/t43-,44+/m0/s1. The minimum atomic E-state index is -4.71. The number of carboxylic acids is 1. The molecular formula is C47H90NO10P. The third-order valence-corrected chi connectivity index (χ3v) is 11.7. The molecular weight excluding hydrogens is 769 g/mol. The monoisotopic (exact) mass is 860 g/mol. The summed E-state index contributed by atoms with van der Waals surface area (Å²) >= 11 is 0. The second-order valence-electron chi connectivity index (χ2n) is 16.6. The summed E-state index contributed by atoms with van der Waals surface area (Å²) in [4.78, 5) is 46.1. The highest BCUT2D eigenvalue weighted by molar-refractivity contribution is 7.47. The van der Waals surface area contributed by atoms with E-state index in [1.165, 1.54) is 154 Å². The van der Waals surface area contributed by atoms with Crippen LogP contribution in [0.5, 0.6) is 0 Å². The summed E-state index contributed by atoms with van der Waals surface area (Å²) in [5, 5.41) is 8.90. The highest BCUT2D eigenvalue weighted by atomic mass is 31.2. The van der Waals surface area contributed by atoms with Gasteiger partial charge in [-0.3, -0.25) is 23.4 Å². The molecule has 0 aromatic rings. The van der Waals surface area contributed by atoms with Crippen LogP contribution in [-0.2, 0) is 37.5 Å². The van der Waals surface area contributed by atoms with Crippen LogP contribution >= 0.6 is 7.82 Å². The lowest BCUT2D eigenvalue weighted by molar-refractivity contribution is -0.161. The van der Waals surface area contributed by atoms with E-state index in [4.69, 9.17) is 24.8 Å². The van der Waals surface area contributed by atoms with Crippen molar-refractivity contribution >= 4 is 25.7 Å². The second-order valence-corrected chi connectivity index (χ2v) is 18.1. The molecule has 348 valence electrons. The molecule has 0 aliphatic rings. The smallest absolute Gasteiger partial charge is 0.472 e. The molecule has 4 N–H and O–H groups in total. The fourth-order valence-electron chi connectivity index (χ4n) is 6.94. The first-order chi connectivity index (χ1) is 28.6. The van der Waals surface area contributed by atoms with Crippen LogP contribution in [0.15, 0.2) is 12.2 Å². The van der Waals surface area contributed by atoms with Crippen molar-refractivity contribution in [3.05, 3.63) is 12.2 Å². The number of ether oxygens (including phenoxy) is 2. The van der Waals surface area contributed by atoms with Gasteiger partial charge in [0.05, 0.1) is 13.2 Å². The van der Waals surface area contributed by atoms with Crippen LogP contribution < -0.4 is 5.73 Å². The Bertz CT molecular complexity index is 1060. The summed E-state index contributed by atoms with van der Waals surface area (Å²) in [7, 11) is -4.71. The predicted molar refractivity (Wildman–Crippen MR) is 240 cm³/mol. The summed E-state index contributed by atoms with van der Waals surface area (Å²) in [5.41, 5.74) is 5.34. The lowest BCUT2D eigenvalue weighted by atomic mass is 10.0. The van der Waals surface area contributed by atoms with Crippen molar-refractivity contribution in [2.24, 2.45) is 5.73 Å². The number of unbranched alkanes of at least 4 members (excludes halogenated alkanes) is 30. The number of nitrogens with two attached hydrogens (primary N) is 1. The summed E-state index contributed by atoms with van der Waals surface area (Å²) in [6.07, 6.45) is 44.2. The summed E-state index contributed by atoms with van der Waals surface area (Å²) in [6.45, 7) is 2.83. The van der Waals surface area contributed by atoms with Crippen molar-refractivity contribution in [2.75, 3.05) is 19.8 Å². The van der Waals surface area contributed by atoms with Crippen molar-refractivity contribution in [2.45, 2.75) is 251 Å². The molecule has 0 saturated heterocycles. The van der Waals surface area contributed by atoms with Gasteiger partial charge in [0.2, 0.25) is 0 Å². The fourth-order valence-corrected chi connectivity index (χ4v) is 7.72. The average Bonchev–Trinajstić information content (AvgIpc) is 3.21. The Hall–Kier alpha value is -1.78. The van der Waals surface area contributed by atoms with E-state index in [0.29, 0.717) is 12.8 Å². The first kappa shape index (κ1) is 57.2. The Morgan fingerprint density at radius 2 is 0.847 bits per heavy atom. The first-order valence-electron chi connectivity index (χ1n) is 24.2. The van der Waals surface area contributed by atoms with Gasteiger partial charge in [-0.25, -0.2) is 4.57 Å². The lowest BCUT2D eigenvalue weighted by Gasteiger charge is -2.20. The quantitative estimate of drug-likeness (QED) is 0.0230. The Kier molecular flexibility index (Phi) is 41.6. The Morgan fingerprint density at radius 1 is 0.508 bits per heavy atom. The minimum absolute atomic E-state index is 0.160. The van der Waals surface area contributed by atoms with Gasteiger partial charge in [0.15, 0.2) is 6.10 Å². The van der Waals surface area contributed by atoms with Crippen LogP contribution in [0.2, 0.25) is 0 Å². The van der Waals surface area contributed by atoms with E-state index in [1.807, 2.05) is 0 Å². The number of hydrogen-bond donors (Lipinski definition) is 3. The number of phosphoric acid groups is 1. The van der Waals surface area contributed by atoms with E-state index >= 15 is 0 Å². The van der Waals surface area contributed by atoms with E-state index in [-0.39, 0.29) is 19.4 Å². The van der Waals surface area contributed by atoms with Crippen molar-refractivity contribution in [1.82, 2.24) is 0 Å². The predicted octanol–water partition coefficient (Wildman–Crippen LogP) is 13.2. The highest BCUT2D eigenvalue weighted by Gasteiger charge is 2.28. The average molecular weight is 860 g/mol. The normalized spacial score (nSPS) is 13.7. The van der Waals surface area contributed by atoms with Crippen LogP contribution in [0.4, 0.5) is 0 Å². The van der Waals surface area contributed by atoms with Crippen molar-refractivity contribution in [3.8, 4) is 0 Å². The van der Waals surface area contributed by atoms with Gasteiger partial charge in [-0.1, -0.05) is 199 Å². The van der Waals surface area contributed by atoms with E-state index in [0.717, 1.165) is 44.9 Å². The number of rotatable bonds is 46. The fraction of sp³-hybridized carbons (Fsp3) is 0.894. The van der Waals surface area contributed by atoms with Crippen LogP contribution in [0.25, 0.3) is 0 Å². The molecule has 0 heterocycles. The molecule has 3 atom stereocenters. The number of carbonyl (C=O) groups excluding carboxylic acids is 2. The molecule has 0 rings (SSSR count). The Labute approximate surface area is 360 Å². The number of aliphatic carboxylic acids is 1. The number of esters is 2. The SMILES string of the molecule is CCCCCC/C=C/CCCCCCCCCC(=O)O[C@@H](COC(=O)CCCCCCCCCCCCCCCCCCCCCC)COP(=O)(O)OC[C@@H](N)C(=O)O. The number of hydrogen-bond acceptors (Lipinski definition) is 9. The molecule has 59 heavy (non-hydrogen) atoms. The molecule has 0 aromatic carbocycles. The van der Waals surface area contributed by atoms with Gasteiger partial charge in [0, 0.05) is 12.8 Å². The van der Waals surface area contributed by atoms with Gasteiger partial charge in [-0.2, -0.15) is 0 Å².